The SMILES string of the molecule is c1ccc(-c2ccc(-n3c4ccc(-c5ccc6c(c5)c5ccccc5n6-c5nc6c7c(cccc7n5)Sc5ccccc5-6)cc4c4c5ccccc5ccc43)cc2)cc1. The van der Waals surface area contributed by atoms with Crippen molar-refractivity contribution in [2.24, 2.45) is 0 Å². The van der Waals surface area contributed by atoms with Crippen LogP contribution in [0.2, 0.25) is 0 Å². The van der Waals surface area contributed by atoms with Gasteiger partial charge in [0.15, 0.2) is 0 Å². The van der Waals surface area contributed by atoms with Gasteiger partial charge in [0.05, 0.1) is 33.3 Å². The molecule has 0 bridgehead atoms. The van der Waals surface area contributed by atoms with Crippen molar-refractivity contribution in [1.82, 2.24) is 19.1 Å². The standard InChI is InChI=1S/C54H32N4S/c1-2-11-33(12-3-1)34-21-26-38(27-22-34)57-47-29-25-37(32-43(47)51-39-14-5-4-13-35(39)23-30-48(51)57)36-24-28-46-42(31-36)40-15-6-8-18-45(40)58(46)54-55-44-17-10-20-50-52(44)53(56-54)41-16-7-9-19-49(41)59-50/h1-32H. The molecule has 3 aromatic heterocycles. The molecule has 9 aromatic carbocycles. The highest BCUT2D eigenvalue weighted by molar-refractivity contribution is 7.99. The molecule has 0 saturated carbocycles. The minimum Gasteiger partial charge on any atom is -0.309 e. The summed E-state index contributed by atoms with van der Waals surface area (Å²) < 4.78 is 4.66. The van der Waals surface area contributed by atoms with Crippen molar-refractivity contribution in [1.29, 1.82) is 0 Å². The fraction of sp³-hybridized carbons (Fsp3) is 0. The summed E-state index contributed by atoms with van der Waals surface area (Å²) in [4.78, 5) is 13.0. The van der Waals surface area contributed by atoms with Gasteiger partial charge in [0, 0.05) is 48.0 Å². The van der Waals surface area contributed by atoms with E-state index in [0.717, 1.165) is 38.9 Å². The van der Waals surface area contributed by atoms with Gasteiger partial charge in [-0.15, -0.1) is 0 Å². The third kappa shape index (κ3) is 4.86. The van der Waals surface area contributed by atoms with Gasteiger partial charge in [-0.1, -0.05) is 139 Å². The Bertz CT molecular complexity index is 3690. The molecule has 59 heavy (non-hydrogen) atoms. The highest BCUT2D eigenvalue weighted by atomic mass is 32.2. The number of hydrogen-bond acceptors (Lipinski definition) is 3. The van der Waals surface area contributed by atoms with Crippen molar-refractivity contribution in [3.05, 3.63) is 194 Å². The Balaban J connectivity index is 1.00. The quantitative estimate of drug-likeness (QED) is 0.179. The summed E-state index contributed by atoms with van der Waals surface area (Å²) in [7, 11) is 0. The lowest BCUT2D eigenvalue weighted by Gasteiger charge is -2.20. The normalized spacial score (nSPS) is 12.3. The molecule has 0 fully saturated rings. The van der Waals surface area contributed by atoms with E-state index in [9.17, 15) is 0 Å². The molecule has 0 atom stereocenters. The number of fused-ring (bicyclic) bond motifs is 10. The van der Waals surface area contributed by atoms with Gasteiger partial charge in [0.2, 0.25) is 5.95 Å². The third-order valence-electron chi connectivity index (χ3n) is 12.1. The van der Waals surface area contributed by atoms with Crippen molar-refractivity contribution in [3.63, 3.8) is 0 Å². The summed E-state index contributed by atoms with van der Waals surface area (Å²) in [5.74, 6) is 0.684. The Labute approximate surface area is 343 Å². The van der Waals surface area contributed by atoms with Crippen molar-refractivity contribution in [2.75, 3.05) is 0 Å². The van der Waals surface area contributed by atoms with Crippen LogP contribution in [-0.2, 0) is 0 Å². The van der Waals surface area contributed by atoms with Gasteiger partial charge in [-0.05, 0) is 99.8 Å². The zero-order chi connectivity index (χ0) is 38.6. The number of rotatable bonds is 4. The molecule has 0 radical (unpaired) electrons. The first-order valence-corrected chi connectivity index (χ1v) is 20.8. The van der Waals surface area contributed by atoms with E-state index < -0.39 is 0 Å². The molecular weight excluding hydrogens is 737 g/mol. The lowest BCUT2D eigenvalue weighted by atomic mass is 9.99. The van der Waals surface area contributed by atoms with E-state index in [2.05, 4.69) is 203 Å². The predicted octanol–water partition coefficient (Wildman–Crippen LogP) is 14.4. The fourth-order valence-electron chi connectivity index (χ4n) is 9.44. The summed E-state index contributed by atoms with van der Waals surface area (Å²) in [6.07, 6.45) is 0. The monoisotopic (exact) mass is 768 g/mol. The van der Waals surface area contributed by atoms with Gasteiger partial charge < -0.3 is 4.57 Å². The molecule has 0 unspecified atom stereocenters. The minimum absolute atomic E-state index is 0.684. The molecule has 13 rings (SSSR count). The van der Waals surface area contributed by atoms with Gasteiger partial charge in [-0.25, -0.2) is 9.97 Å². The summed E-state index contributed by atoms with van der Waals surface area (Å²) in [6.45, 7) is 0. The Kier molecular flexibility index (Phi) is 6.91. The van der Waals surface area contributed by atoms with Gasteiger partial charge in [0.1, 0.15) is 0 Å². The minimum atomic E-state index is 0.684. The Morgan fingerprint density at radius 3 is 1.88 bits per heavy atom. The largest absolute Gasteiger partial charge is 0.309 e. The molecule has 0 N–H and O–H groups in total. The molecule has 0 amide bonds. The molecule has 1 aliphatic rings. The van der Waals surface area contributed by atoms with E-state index >= 15 is 0 Å². The van der Waals surface area contributed by atoms with Gasteiger partial charge in [0.25, 0.3) is 0 Å². The van der Waals surface area contributed by atoms with E-state index in [1.54, 1.807) is 11.8 Å². The molecular formula is C54H32N4S. The van der Waals surface area contributed by atoms with Gasteiger partial charge in [-0.2, -0.15) is 0 Å². The van der Waals surface area contributed by atoms with Crippen molar-refractivity contribution in [3.8, 4) is 45.1 Å². The molecule has 4 heterocycles. The highest BCUT2D eigenvalue weighted by Gasteiger charge is 2.24. The second-order valence-electron chi connectivity index (χ2n) is 15.4. The van der Waals surface area contributed by atoms with Crippen LogP contribution in [0.5, 0.6) is 0 Å². The average molecular weight is 769 g/mol. The van der Waals surface area contributed by atoms with Crippen LogP contribution in [0.1, 0.15) is 0 Å². The van der Waals surface area contributed by atoms with Crippen molar-refractivity contribution >= 4 is 77.0 Å². The van der Waals surface area contributed by atoms with E-state index in [1.807, 2.05) is 0 Å². The van der Waals surface area contributed by atoms with Gasteiger partial charge in [-0.3, -0.25) is 4.57 Å². The number of benzene rings is 9. The van der Waals surface area contributed by atoms with Crippen LogP contribution in [0, 0.1) is 0 Å². The first-order valence-electron chi connectivity index (χ1n) is 20.0. The summed E-state index contributed by atoms with van der Waals surface area (Å²) in [5.41, 5.74) is 13.6. The Morgan fingerprint density at radius 1 is 0.373 bits per heavy atom. The maximum Gasteiger partial charge on any atom is 0.235 e. The molecule has 4 nitrogen and oxygen atoms in total. The number of para-hydroxylation sites is 1. The lowest BCUT2D eigenvalue weighted by molar-refractivity contribution is 1.01. The van der Waals surface area contributed by atoms with Crippen molar-refractivity contribution in [2.45, 2.75) is 9.79 Å². The van der Waals surface area contributed by atoms with E-state index in [4.69, 9.17) is 9.97 Å². The Morgan fingerprint density at radius 2 is 1.02 bits per heavy atom. The Hall–Kier alpha value is -7.47. The second kappa shape index (κ2) is 12.5. The zero-order valence-corrected chi connectivity index (χ0v) is 32.5. The molecule has 0 spiro atoms. The van der Waals surface area contributed by atoms with Crippen LogP contribution in [0.4, 0.5) is 0 Å². The number of hydrogen-bond donors (Lipinski definition) is 0. The van der Waals surface area contributed by atoms with Crippen LogP contribution in [-0.4, -0.2) is 19.1 Å². The zero-order valence-electron chi connectivity index (χ0n) is 31.7. The van der Waals surface area contributed by atoms with Gasteiger partial charge >= 0.3 is 0 Å². The maximum atomic E-state index is 5.37. The lowest BCUT2D eigenvalue weighted by Crippen LogP contribution is -2.05. The summed E-state index contributed by atoms with van der Waals surface area (Å²) >= 11 is 1.80. The molecule has 1 aliphatic heterocycles. The first-order chi connectivity index (χ1) is 29.2. The first kappa shape index (κ1) is 32.6. The molecule has 5 heteroatoms. The predicted molar refractivity (Wildman–Crippen MR) is 246 cm³/mol. The summed E-state index contributed by atoms with van der Waals surface area (Å²) in [6, 6.07) is 70.3. The molecule has 0 saturated heterocycles. The summed E-state index contributed by atoms with van der Waals surface area (Å²) in [5, 5.41) is 8.47. The van der Waals surface area contributed by atoms with Crippen molar-refractivity contribution < 1.29 is 0 Å². The smallest absolute Gasteiger partial charge is 0.235 e. The van der Waals surface area contributed by atoms with E-state index in [-0.39, 0.29) is 0 Å². The highest BCUT2D eigenvalue weighted by Crippen LogP contribution is 2.47. The van der Waals surface area contributed by atoms with Crippen LogP contribution in [0.15, 0.2) is 204 Å². The number of nitrogens with zero attached hydrogens (tertiary/aromatic N) is 4. The third-order valence-corrected chi connectivity index (χ3v) is 13.3. The van der Waals surface area contributed by atoms with Crippen LogP contribution >= 0.6 is 11.8 Å². The van der Waals surface area contributed by atoms with E-state index in [1.165, 1.54) is 75.4 Å². The van der Waals surface area contributed by atoms with Crippen LogP contribution < -0.4 is 0 Å². The topological polar surface area (TPSA) is 35.6 Å². The average Bonchev–Trinajstić information content (AvgIpc) is 3.82. The molecule has 12 aromatic rings. The van der Waals surface area contributed by atoms with E-state index in [0.29, 0.717) is 5.95 Å². The maximum absolute atomic E-state index is 5.37. The molecule has 274 valence electrons. The number of aromatic nitrogens is 4. The fourth-order valence-corrected chi connectivity index (χ4v) is 10.5. The van der Waals surface area contributed by atoms with Crippen LogP contribution in [0.3, 0.4) is 0 Å². The van der Waals surface area contributed by atoms with Crippen LogP contribution in [0.25, 0.3) is 110 Å². The molecule has 0 aliphatic carbocycles. The second-order valence-corrected chi connectivity index (χ2v) is 16.5.